The topological polar surface area (TPSA) is 52.1 Å². The summed E-state index contributed by atoms with van der Waals surface area (Å²) in [5.41, 5.74) is 1.94. The van der Waals surface area contributed by atoms with Crippen LogP contribution < -0.4 is 9.47 Å². The minimum absolute atomic E-state index is 0.225. The van der Waals surface area contributed by atoms with E-state index >= 15 is 0 Å². The van der Waals surface area contributed by atoms with Gasteiger partial charge in [-0.3, -0.25) is 9.67 Å². The third-order valence-corrected chi connectivity index (χ3v) is 5.04. The van der Waals surface area contributed by atoms with Crippen molar-refractivity contribution in [1.82, 2.24) is 14.8 Å². The summed E-state index contributed by atoms with van der Waals surface area (Å²) < 4.78 is 26.1. The highest BCUT2D eigenvalue weighted by Crippen LogP contribution is 2.34. The highest BCUT2D eigenvalue weighted by atomic mass is 32.2. The van der Waals surface area contributed by atoms with Crippen molar-refractivity contribution in [2.75, 3.05) is 6.79 Å². The molecule has 2 aromatic carbocycles. The largest absolute Gasteiger partial charge is 0.454 e. The molecule has 0 spiro atoms. The number of benzene rings is 2. The molecule has 0 saturated carbocycles. The molecule has 1 N–H and O–H groups in total. The molecule has 5 nitrogen and oxygen atoms in total. The van der Waals surface area contributed by atoms with Crippen molar-refractivity contribution in [2.45, 2.75) is 11.5 Å². The molecule has 1 aliphatic rings. The first-order valence-electron chi connectivity index (χ1n) is 7.59. The first kappa shape index (κ1) is 16.2. The summed E-state index contributed by atoms with van der Waals surface area (Å²) in [6.07, 6.45) is 0. The van der Waals surface area contributed by atoms with Gasteiger partial charge in [-0.2, -0.15) is 5.10 Å². The van der Waals surface area contributed by atoms with Crippen LogP contribution in [0.25, 0.3) is 5.69 Å². The molecule has 8 heteroatoms. The zero-order valence-corrected chi connectivity index (χ0v) is 14.7. The van der Waals surface area contributed by atoms with E-state index in [4.69, 9.17) is 21.7 Å². The summed E-state index contributed by atoms with van der Waals surface area (Å²) >= 11 is 7.05. The monoisotopic (exact) mass is 375 g/mol. The smallest absolute Gasteiger partial charge is 0.231 e. The molecule has 0 fully saturated rings. The first-order valence-corrected chi connectivity index (χ1v) is 9.15. The lowest BCUT2D eigenvalue weighted by molar-refractivity contribution is 0.174. The number of hydrogen-bond donors (Lipinski definition) is 1. The predicted molar refractivity (Wildman–Crippen MR) is 96.3 cm³/mol. The Balaban J connectivity index is 1.52. The zero-order chi connectivity index (χ0) is 17.2. The van der Waals surface area contributed by atoms with E-state index < -0.39 is 0 Å². The van der Waals surface area contributed by atoms with E-state index in [-0.39, 0.29) is 12.6 Å². The molecule has 4 rings (SSSR count). The molecule has 0 amide bonds. The van der Waals surface area contributed by atoms with Gasteiger partial charge in [0.1, 0.15) is 11.6 Å². The van der Waals surface area contributed by atoms with Gasteiger partial charge < -0.3 is 9.47 Å². The van der Waals surface area contributed by atoms with E-state index in [9.17, 15) is 4.39 Å². The number of ether oxygens (including phenoxy) is 2. The second kappa shape index (κ2) is 6.89. The molecule has 1 aromatic heterocycles. The summed E-state index contributed by atoms with van der Waals surface area (Å²) in [7, 11) is 0. The maximum Gasteiger partial charge on any atom is 0.231 e. The zero-order valence-electron chi connectivity index (χ0n) is 13.1. The number of aromatic amines is 1. The van der Waals surface area contributed by atoms with Crippen molar-refractivity contribution in [2.24, 2.45) is 0 Å². The molecule has 1 aliphatic heterocycles. The summed E-state index contributed by atoms with van der Waals surface area (Å²) in [4.78, 5) is 0. The normalized spacial score (nSPS) is 12.5. The van der Waals surface area contributed by atoms with Gasteiger partial charge in [0.15, 0.2) is 16.3 Å². The van der Waals surface area contributed by atoms with Gasteiger partial charge in [0, 0.05) is 11.8 Å². The number of hydrogen-bond acceptors (Lipinski definition) is 5. The van der Waals surface area contributed by atoms with E-state index in [0.717, 1.165) is 28.6 Å². The SMILES string of the molecule is Fc1ccc(CSCc2n[nH]c(=S)n2-c2ccc3c(c2)OCO3)cc1. The van der Waals surface area contributed by atoms with Gasteiger partial charge in [0.05, 0.1) is 11.4 Å². The van der Waals surface area contributed by atoms with Crippen LogP contribution in [-0.2, 0) is 11.5 Å². The van der Waals surface area contributed by atoms with Gasteiger partial charge in [0.25, 0.3) is 0 Å². The number of rotatable bonds is 5. The number of nitrogens with one attached hydrogen (secondary N) is 1. The third-order valence-electron chi connectivity index (χ3n) is 3.77. The van der Waals surface area contributed by atoms with Gasteiger partial charge >= 0.3 is 0 Å². The van der Waals surface area contributed by atoms with Crippen LogP contribution in [0.2, 0.25) is 0 Å². The standard InChI is InChI=1S/C17H14FN3O2S2/c18-12-3-1-11(2-4-12)8-25-9-16-19-20-17(24)21(16)13-5-6-14-15(7-13)23-10-22-14/h1-7H,8-10H2,(H,20,24). The first-order chi connectivity index (χ1) is 12.2. The number of nitrogens with zero attached hydrogens (tertiary/aromatic N) is 2. The molecule has 128 valence electrons. The number of H-pyrrole nitrogens is 1. The molecule has 0 bridgehead atoms. The fourth-order valence-electron chi connectivity index (χ4n) is 2.56. The van der Waals surface area contributed by atoms with E-state index in [1.165, 1.54) is 12.1 Å². The molecular weight excluding hydrogens is 361 g/mol. The van der Waals surface area contributed by atoms with Crippen LogP contribution in [0.1, 0.15) is 11.4 Å². The molecule has 0 atom stereocenters. The lowest BCUT2D eigenvalue weighted by atomic mass is 10.2. The molecule has 0 aliphatic carbocycles. The number of halogens is 1. The summed E-state index contributed by atoms with van der Waals surface area (Å²) in [5, 5.41) is 7.16. The molecular formula is C17H14FN3O2S2. The lowest BCUT2D eigenvalue weighted by Gasteiger charge is -2.08. The van der Waals surface area contributed by atoms with Crippen molar-refractivity contribution in [1.29, 1.82) is 0 Å². The quantitative estimate of drug-likeness (QED) is 0.677. The number of thioether (sulfide) groups is 1. The Kier molecular flexibility index (Phi) is 4.46. The van der Waals surface area contributed by atoms with Crippen molar-refractivity contribution in [3.8, 4) is 17.2 Å². The number of fused-ring (bicyclic) bond motifs is 1. The highest BCUT2D eigenvalue weighted by molar-refractivity contribution is 7.97. The maximum atomic E-state index is 13.0. The molecule has 0 radical (unpaired) electrons. The Morgan fingerprint density at radius 3 is 2.76 bits per heavy atom. The minimum Gasteiger partial charge on any atom is -0.454 e. The third kappa shape index (κ3) is 3.40. The van der Waals surface area contributed by atoms with E-state index in [1.54, 1.807) is 23.9 Å². The summed E-state index contributed by atoms with van der Waals surface area (Å²) in [6.45, 7) is 0.232. The van der Waals surface area contributed by atoms with E-state index in [0.29, 0.717) is 16.3 Å². The van der Waals surface area contributed by atoms with Crippen molar-refractivity contribution in [3.63, 3.8) is 0 Å². The fraction of sp³-hybridized carbons (Fsp3) is 0.176. The van der Waals surface area contributed by atoms with Gasteiger partial charge in [-0.25, -0.2) is 4.39 Å². The van der Waals surface area contributed by atoms with Gasteiger partial charge in [0.2, 0.25) is 6.79 Å². The molecule has 25 heavy (non-hydrogen) atoms. The van der Waals surface area contributed by atoms with Gasteiger partial charge in [-0.15, -0.1) is 11.8 Å². The Labute approximate surface area is 152 Å². The van der Waals surface area contributed by atoms with E-state index in [2.05, 4.69) is 10.2 Å². The van der Waals surface area contributed by atoms with Crippen molar-refractivity contribution < 1.29 is 13.9 Å². The molecule has 0 unspecified atom stereocenters. The average molecular weight is 375 g/mol. The maximum absolute atomic E-state index is 13.0. The summed E-state index contributed by atoms with van der Waals surface area (Å²) in [6, 6.07) is 12.2. The predicted octanol–water partition coefficient (Wildman–Crippen LogP) is 4.23. The van der Waals surface area contributed by atoms with Gasteiger partial charge in [-0.05, 0) is 42.0 Å². The fourth-order valence-corrected chi connectivity index (χ4v) is 3.72. The lowest BCUT2D eigenvalue weighted by Crippen LogP contribution is -2.00. The van der Waals surface area contributed by atoms with Crippen molar-refractivity contribution >= 4 is 24.0 Å². The van der Waals surface area contributed by atoms with Crippen LogP contribution >= 0.6 is 24.0 Å². The van der Waals surface area contributed by atoms with Crippen molar-refractivity contribution in [3.05, 3.63) is 64.4 Å². The Bertz CT molecular complexity index is 953. The Morgan fingerprint density at radius 2 is 1.92 bits per heavy atom. The number of aromatic nitrogens is 3. The Morgan fingerprint density at radius 1 is 1.12 bits per heavy atom. The van der Waals surface area contributed by atoms with Crippen LogP contribution in [-0.4, -0.2) is 21.6 Å². The Hall–Kier alpha value is -2.32. The minimum atomic E-state index is -0.225. The molecule has 2 heterocycles. The second-order valence-electron chi connectivity index (χ2n) is 5.44. The van der Waals surface area contributed by atoms with Gasteiger partial charge in [-0.1, -0.05) is 12.1 Å². The summed E-state index contributed by atoms with van der Waals surface area (Å²) in [5.74, 6) is 3.45. The van der Waals surface area contributed by atoms with Crippen LogP contribution in [0.4, 0.5) is 4.39 Å². The van der Waals surface area contributed by atoms with Crippen LogP contribution in [0, 0.1) is 10.6 Å². The van der Waals surface area contributed by atoms with Crippen LogP contribution in [0.15, 0.2) is 42.5 Å². The average Bonchev–Trinajstić information content (AvgIpc) is 3.22. The highest BCUT2D eigenvalue weighted by Gasteiger charge is 2.16. The molecule has 3 aromatic rings. The van der Waals surface area contributed by atoms with Crippen LogP contribution in [0.5, 0.6) is 11.5 Å². The van der Waals surface area contributed by atoms with Crippen LogP contribution in [0.3, 0.4) is 0 Å². The molecule has 0 saturated heterocycles. The van der Waals surface area contributed by atoms with E-state index in [1.807, 2.05) is 22.8 Å². The second-order valence-corrected chi connectivity index (χ2v) is 6.81.